The number of hydrogen-bond acceptors (Lipinski definition) is 3. The second kappa shape index (κ2) is 5.19. The largest absolute Gasteiger partial charge is 0.511 e. The maximum absolute atomic E-state index is 11.3. The van der Waals surface area contributed by atoms with Gasteiger partial charge >= 0.3 is 6.16 Å². The average Bonchev–Trinajstić information content (AvgIpc) is 2.18. The standard InChI is InChI=1S/C10H13NO4/c1-2-3-4-7-5-6-8(9(12)11-7)15-10(13)14/h5-6H,2-4H2,1H3,(H,11,12)(H,13,14). The molecular formula is C10H13NO4. The van der Waals surface area contributed by atoms with Crippen LogP contribution >= 0.6 is 0 Å². The molecule has 1 rings (SSSR count). The van der Waals surface area contributed by atoms with E-state index in [0.717, 1.165) is 25.0 Å². The number of unbranched alkanes of at least 4 members (excludes halogenated alkanes) is 1. The second-order valence-corrected chi connectivity index (χ2v) is 3.15. The number of carbonyl (C=O) groups is 1. The van der Waals surface area contributed by atoms with Gasteiger partial charge in [-0.2, -0.15) is 0 Å². The molecule has 0 aromatic carbocycles. The third kappa shape index (κ3) is 3.46. The molecule has 5 nitrogen and oxygen atoms in total. The molecule has 1 heterocycles. The quantitative estimate of drug-likeness (QED) is 0.744. The van der Waals surface area contributed by atoms with Gasteiger partial charge < -0.3 is 14.8 Å². The van der Waals surface area contributed by atoms with Crippen molar-refractivity contribution in [1.82, 2.24) is 4.98 Å². The summed E-state index contributed by atoms with van der Waals surface area (Å²) in [5, 5.41) is 8.33. The molecule has 2 N–H and O–H groups in total. The first-order valence-corrected chi connectivity index (χ1v) is 4.76. The van der Waals surface area contributed by atoms with Crippen molar-refractivity contribution in [3.8, 4) is 5.75 Å². The lowest BCUT2D eigenvalue weighted by atomic mass is 10.2. The van der Waals surface area contributed by atoms with Crippen molar-refractivity contribution in [2.24, 2.45) is 0 Å². The molecule has 0 unspecified atom stereocenters. The summed E-state index contributed by atoms with van der Waals surface area (Å²) in [5.74, 6) is -0.192. The Balaban J connectivity index is 2.79. The molecule has 1 aromatic heterocycles. The van der Waals surface area contributed by atoms with E-state index >= 15 is 0 Å². The Kier molecular flexibility index (Phi) is 3.91. The number of aromatic amines is 1. The Morgan fingerprint density at radius 1 is 1.53 bits per heavy atom. The number of pyridine rings is 1. The van der Waals surface area contributed by atoms with E-state index in [0.29, 0.717) is 0 Å². The SMILES string of the molecule is CCCCc1ccc(OC(=O)O)c(=O)[nH]1. The van der Waals surface area contributed by atoms with Crippen LogP contribution in [0.5, 0.6) is 5.75 Å². The minimum atomic E-state index is -1.48. The van der Waals surface area contributed by atoms with E-state index in [1.54, 1.807) is 6.07 Å². The van der Waals surface area contributed by atoms with Crippen LogP contribution in [0.2, 0.25) is 0 Å². The molecule has 0 aliphatic heterocycles. The second-order valence-electron chi connectivity index (χ2n) is 3.15. The molecule has 0 spiro atoms. The summed E-state index contributed by atoms with van der Waals surface area (Å²) in [6.45, 7) is 2.06. The molecule has 82 valence electrons. The van der Waals surface area contributed by atoms with Gasteiger partial charge in [0, 0.05) is 5.69 Å². The predicted molar refractivity (Wildman–Crippen MR) is 54.3 cm³/mol. The number of H-pyrrole nitrogens is 1. The molecule has 0 saturated heterocycles. The van der Waals surface area contributed by atoms with Crippen LogP contribution in [0.25, 0.3) is 0 Å². The van der Waals surface area contributed by atoms with Gasteiger partial charge in [-0.3, -0.25) is 4.79 Å². The van der Waals surface area contributed by atoms with Crippen molar-refractivity contribution in [3.05, 3.63) is 28.2 Å². The summed E-state index contributed by atoms with van der Waals surface area (Å²) in [6.07, 6.45) is 1.31. The maximum atomic E-state index is 11.3. The highest BCUT2D eigenvalue weighted by Gasteiger charge is 2.06. The van der Waals surface area contributed by atoms with E-state index in [4.69, 9.17) is 5.11 Å². The lowest BCUT2D eigenvalue weighted by Gasteiger charge is -2.01. The van der Waals surface area contributed by atoms with Gasteiger partial charge in [-0.15, -0.1) is 0 Å². The summed E-state index contributed by atoms with van der Waals surface area (Å²) in [4.78, 5) is 24.1. The van der Waals surface area contributed by atoms with E-state index in [9.17, 15) is 9.59 Å². The first-order chi connectivity index (χ1) is 7.13. The zero-order valence-electron chi connectivity index (χ0n) is 8.45. The molecule has 15 heavy (non-hydrogen) atoms. The number of hydrogen-bond donors (Lipinski definition) is 2. The first kappa shape index (κ1) is 11.3. The molecule has 5 heteroatoms. The van der Waals surface area contributed by atoms with Crippen LogP contribution in [0.3, 0.4) is 0 Å². The highest BCUT2D eigenvalue weighted by Crippen LogP contribution is 2.05. The maximum Gasteiger partial charge on any atom is 0.511 e. The van der Waals surface area contributed by atoms with Gasteiger partial charge in [-0.25, -0.2) is 4.79 Å². The van der Waals surface area contributed by atoms with Crippen molar-refractivity contribution in [2.75, 3.05) is 0 Å². The van der Waals surface area contributed by atoms with Crippen molar-refractivity contribution in [3.63, 3.8) is 0 Å². The summed E-state index contributed by atoms with van der Waals surface area (Å²) in [7, 11) is 0. The molecule has 0 atom stereocenters. The predicted octanol–water partition coefficient (Wildman–Crippen LogP) is 1.77. The molecule has 0 fully saturated rings. The van der Waals surface area contributed by atoms with Gasteiger partial charge in [-0.1, -0.05) is 13.3 Å². The van der Waals surface area contributed by atoms with Crippen LogP contribution in [-0.4, -0.2) is 16.2 Å². The van der Waals surface area contributed by atoms with E-state index in [1.165, 1.54) is 6.07 Å². The van der Waals surface area contributed by atoms with Crippen LogP contribution in [-0.2, 0) is 6.42 Å². The third-order valence-corrected chi connectivity index (χ3v) is 1.93. The highest BCUT2D eigenvalue weighted by molar-refractivity contribution is 5.60. The smallest absolute Gasteiger partial charge is 0.449 e. The Hall–Kier alpha value is -1.78. The minimum Gasteiger partial charge on any atom is -0.449 e. The first-order valence-electron chi connectivity index (χ1n) is 4.76. The van der Waals surface area contributed by atoms with Crippen molar-refractivity contribution in [2.45, 2.75) is 26.2 Å². The molecule has 0 aliphatic carbocycles. The van der Waals surface area contributed by atoms with Gasteiger partial charge in [0.15, 0.2) is 5.75 Å². The average molecular weight is 211 g/mol. The van der Waals surface area contributed by atoms with Gasteiger partial charge in [0.25, 0.3) is 5.56 Å². The van der Waals surface area contributed by atoms with Gasteiger partial charge in [0.1, 0.15) is 0 Å². The molecule has 0 radical (unpaired) electrons. The molecule has 0 aliphatic rings. The summed E-state index contributed by atoms with van der Waals surface area (Å²) < 4.78 is 4.28. The molecule has 0 bridgehead atoms. The zero-order valence-corrected chi connectivity index (χ0v) is 8.45. The van der Waals surface area contributed by atoms with Crippen LogP contribution in [0.4, 0.5) is 4.79 Å². The zero-order chi connectivity index (χ0) is 11.3. The number of aromatic nitrogens is 1. The minimum absolute atomic E-state index is 0.192. The summed E-state index contributed by atoms with van der Waals surface area (Å²) in [5.41, 5.74) is 0.283. The van der Waals surface area contributed by atoms with E-state index < -0.39 is 11.7 Å². The third-order valence-electron chi connectivity index (χ3n) is 1.93. The van der Waals surface area contributed by atoms with E-state index in [-0.39, 0.29) is 5.75 Å². The molecular weight excluding hydrogens is 198 g/mol. The highest BCUT2D eigenvalue weighted by atomic mass is 16.7. The van der Waals surface area contributed by atoms with Crippen LogP contribution in [0.15, 0.2) is 16.9 Å². The Morgan fingerprint density at radius 2 is 2.27 bits per heavy atom. The van der Waals surface area contributed by atoms with Gasteiger partial charge in [-0.05, 0) is 25.0 Å². The fraction of sp³-hybridized carbons (Fsp3) is 0.400. The fourth-order valence-electron chi connectivity index (χ4n) is 1.19. The topological polar surface area (TPSA) is 79.4 Å². The van der Waals surface area contributed by atoms with E-state index in [1.807, 2.05) is 0 Å². The number of ether oxygens (including phenoxy) is 1. The lowest BCUT2D eigenvalue weighted by Crippen LogP contribution is -2.15. The van der Waals surface area contributed by atoms with Crippen LogP contribution in [0.1, 0.15) is 25.5 Å². The Labute approximate surface area is 86.7 Å². The molecule has 1 aromatic rings. The monoisotopic (exact) mass is 211 g/mol. The van der Waals surface area contributed by atoms with Crippen LogP contribution < -0.4 is 10.3 Å². The number of carboxylic acid groups (broad SMARTS) is 1. The fourth-order valence-corrected chi connectivity index (χ4v) is 1.19. The molecule has 0 amide bonds. The number of rotatable bonds is 4. The van der Waals surface area contributed by atoms with Crippen molar-refractivity contribution < 1.29 is 14.6 Å². The number of nitrogens with one attached hydrogen (secondary N) is 1. The Morgan fingerprint density at radius 3 is 2.80 bits per heavy atom. The van der Waals surface area contributed by atoms with Crippen molar-refractivity contribution in [1.29, 1.82) is 0 Å². The summed E-state index contributed by atoms with van der Waals surface area (Å²) in [6, 6.07) is 3.04. The summed E-state index contributed by atoms with van der Waals surface area (Å²) >= 11 is 0. The lowest BCUT2D eigenvalue weighted by molar-refractivity contribution is 0.144. The van der Waals surface area contributed by atoms with Crippen LogP contribution in [0, 0.1) is 0 Å². The van der Waals surface area contributed by atoms with Gasteiger partial charge in [0.05, 0.1) is 0 Å². The van der Waals surface area contributed by atoms with Crippen molar-refractivity contribution >= 4 is 6.16 Å². The molecule has 0 saturated carbocycles. The normalized spacial score (nSPS) is 9.93. The van der Waals surface area contributed by atoms with Gasteiger partial charge in [0.2, 0.25) is 0 Å². The van der Waals surface area contributed by atoms with E-state index in [2.05, 4.69) is 16.6 Å². The Bertz CT molecular complexity index is 397. The number of aryl methyl sites for hydroxylation is 1.